The van der Waals surface area contributed by atoms with Crippen molar-refractivity contribution in [2.75, 3.05) is 7.11 Å². The van der Waals surface area contributed by atoms with Gasteiger partial charge in [-0.15, -0.1) is 0 Å². The molecule has 0 saturated heterocycles. The third kappa shape index (κ3) is 1.80. The van der Waals surface area contributed by atoms with E-state index in [0.717, 1.165) is 6.42 Å². The molecule has 76 valence electrons. The van der Waals surface area contributed by atoms with Gasteiger partial charge < -0.3 is 9.36 Å². The van der Waals surface area contributed by atoms with Crippen molar-refractivity contribution in [2.45, 2.75) is 25.4 Å². The van der Waals surface area contributed by atoms with Crippen molar-refractivity contribution in [3.05, 3.63) is 11.7 Å². The maximum atomic E-state index is 5.03. The highest BCUT2D eigenvalue weighted by molar-refractivity contribution is 5.67. The van der Waals surface area contributed by atoms with Gasteiger partial charge in [0.1, 0.15) is 6.04 Å². The van der Waals surface area contributed by atoms with E-state index < -0.39 is 0 Å². The molecule has 1 aromatic rings. The van der Waals surface area contributed by atoms with Gasteiger partial charge in [0.15, 0.2) is 5.82 Å². The van der Waals surface area contributed by atoms with Crippen LogP contribution in [0.3, 0.4) is 0 Å². The molecule has 0 radical (unpaired) electrons. The summed E-state index contributed by atoms with van der Waals surface area (Å²) < 4.78 is 5.03. The molecule has 0 saturated carbocycles. The van der Waals surface area contributed by atoms with E-state index in [4.69, 9.17) is 9.36 Å². The number of aromatic nitrogens is 2. The maximum absolute atomic E-state index is 5.03. The van der Waals surface area contributed by atoms with Crippen LogP contribution in [0.25, 0.3) is 0 Å². The predicted octanol–water partition coefficient (Wildman–Crippen LogP) is 0.413. The van der Waals surface area contributed by atoms with Crippen LogP contribution in [0.2, 0.25) is 0 Å². The van der Waals surface area contributed by atoms with Gasteiger partial charge in [-0.1, -0.05) is 5.16 Å². The number of aryl methyl sites for hydroxylation is 1. The second kappa shape index (κ2) is 3.85. The van der Waals surface area contributed by atoms with Gasteiger partial charge in [0, 0.05) is 12.6 Å². The van der Waals surface area contributed by atoms with Crippen molar-refractivity contribution >= 4 is 6.21 Å². The molecular weight excluding hydrogens is 184 g/mol. The van der Waals surface area contributed by atoms with E-state index in [1.807, 2.05) is 0 Å². The monoisotopic (exact) mass is 196 g/mol. The minimum Gasteiger partial charge on any atom is -0.337 e. The van der Waals surface area contributed by atoms with Gasteiger partial charge in [0.05, 0.1) is 13.2 Å². The van der Waals surface area contributed by atoms with Crippen molar-refractivity contribution in [1.29, 1.82) is 0 Å². The molecule has 2 heterocycles. The molecule has 1 aliphatic heterocycles. The molecule has 2 atom stereocenters. The Kier molecular flexibility index (Phi) is 2.55. The van der Waals surface area contributed by atoms with Crippen LogP contribution >= 0.6 is 0 Å². The van der Waals surface area contributed by atoms with E-state index >= 15 is 0 Å². The van der Waals surface area contributed by atoms with Crippen molar-refractivity contribution in [2.24, 2.45) is 4.99 Å². The van der Waals surface area contributed by atoms with E-state index in [9.17, 15) is 0 Å². The average molecular weight is 196 g/mol. The molecule has 0 spiro atoms. The molecular formula is C8H12N4O2. The summed E-state index contributed by atoms with van der Waals surface area (Å²) in [5, 5.41) is 3.72. The molecule has 2 unspecified atom stereocenters. The zero-order chi connectivity index (χ0) is 9.97. The van der Waals surface area contributed by atoms with Gasteiger partial charge in [0.2, 0.25) is 0 Å². The molecule has 0 aromatic carbocycles. The van der Waals surface area contributed by atoms with Crippen LogP contribution in [0.1, 0.15) is 24.2 Å². The van der Waals surface area contributed by atoms with Gasteiger partial charge in [0.25, 0.3) is 5.89 Å². The highest BCUT2D eigenvalue weighted by Crippen LogP contribution is 2.24. The van der Waals surface area contributed by atoms with E-state index in [0.29, 0.717) is 11.7 Å². The lowest BCUT2D eigenvalue weighted by Gasteiger charge is -2.06. The fourth-order valence-electron chi connectivity index (χ4n) is 1.41. The third-order valence-electron chi connectivity index (χ3n) is 2.02. The molecule has 0 fully saturated rings. The zero-order valence-corrected chi connectivity index (χ0v) is 8.10. The van der Waals surface area contributed by atoms with E-state index in [-0.39, 0.29) is 12.1 Å². The van der Waals surface area contributed by atoms with Gasteiger partial charge in [-0.2, -0.15) is 10.5 Å². The SMILES string of the molecule is CONC1C=NC(c2nc(C)no2)C1. The van der Waals surface area contributed by atoms with Crippen LogP contribution in [0.15, 0.2) is 9.52 Å². The summed E-state index contributed by atoms with van der Waals surface area (Å²) in [5.74, 6) is 1.21. The van der Waals surface area contributed by atoms with Gasteiger partial charge >= 0.3 is 0 Å². The summed E-state index contributed by atoms with van der Waals surface area (Å²) in [6, 6.07) is 0.0843. The number of aliphatic imine (C=N–C) groups is 1. The molecule has 2 rings (SSSR count). The fourth-order valence-corrected chi connectivity index (χ4v) is 1.41. The number of hydrogen-bond donors (Lipinski definition) is 1. The Hall–Kier alpha value is -1.27. The molecule has 14 heavy (non-hydrogen) atoms. The summed E-state index contributed by atoms with van der Waals surface area (Å²) in [6.45, 7) is 1.79. The van der Waals surface area contributed by atoms with Gasteiger partial charge in [-0.3, -0.25) is 4.99 Å². The zero-order valence-electron chi connectivity index (χ0n) is 8.10. The van der Waals surface area contributed by atoms with Crippen molar-refractivity contribution in [3.8, 4) is 0 Å². The number of rotatable bonds is 3. The Morgan fingerprint density at radius 2 is 2.50 bits per heavy atom. The van der Waals surface area contributed by atoms with Crippen LogP contribution in [0.5, 0.6) is 0 Å². The van der Waals surface area contributed by atoms with Gasteiger partial charge in [-0.05, 0) is 6.92 Å². The number of hydroxylamine groups is 1. The average Bonchev–Trinajstić information content (AvgIpc) is 2.74. The first kappa shape index (κ1) is 9.29. The normalized spacial score (nSPS) is 25.9. The number of nitrogens with zero attached hydrogens (tertiary/aromatic N) is 3. The molecule has 6 heteroatoms. The lowest BCUT2D eigenvalue weighted by atomic mass is 10.2. The Labute approximate surface area is 81.3 Å². The second-order valence-corrected chi connectivity index (χ2v) is 3.16. The van der Waals surface area contributed by atoms with Crippen LogP contribution in [0.4, 0.5) is 0 Å². The van der Waals surface area contributed by atoms with Crippen LogP contribution in [-0.4, -0.2) is 29.5 Å². The van der Waals surface area contributed by atoms with E-state index in [1.165, 1.54) is 0 Å². The largest absolute Gasteiger partial charge is 0.337 e. The highest BCUT2D eigenvalue weighted by Gasteiger charge is 2.25. The quantitative estimate of drug-likeness (QED) is 0.709. The highest BCUT2D eigenvalue weighted by atomic mass is 16.6. The van der Waals surface area contributed by atoms with Crippen LogP contribution < -0.4 is 5.48 Å². The summed E-state index contributed by atoms with van der Waals surface area (Å²) in [5.41, 5.74) is 2.81. The second-order valence-electron chi connectivity index (χ2n) is 3.16. The molecule has 1 aliphatic rings. The Morgan fingerprint density at radius 3 is 3.14 bits per heavy atom. The first-order valence-electron chi connectivity index (χ1n) is 4.41. The first-order valence-corrected chi connectivity index (χ1v) is 4.41. The molecule has 0 aliphatic carbocycles. The lowest BCUT2D eigenvalue weighted by molar-refractivity contribution is 0.0777. The van der Waals surface area contributed by atoms with Crippen molar-refractivity contribution in [3.63, 3.8) is 0 Å². The molecule has 0 bridgehead atoms. The summed E-state index contributed by atoms with van der Waals surface area (Å²) in [7, 11) is 1.58. The molecule has 1 N–H and O–H groups in total. The summed E-state index contributed by atoms with van der Waals surface area (Å²) in [4.78, 5) is 13.2. The van der Waals surface area contributed by atoms with Crippen LogP contribution in [-0.2, 0) is 4.84 Å². The summed E-state index contributed by atoms with van der Waals surface area (Å²) in [6.07, 6.45) is 2.59. The standard InChI is InChI=1S/C8H12N4O2/c1-5-10-8(14-11-5)7-3-6(4-9-7)12-13-2/h4,6-7,12H,3H2,1-2H3. The minimum absolute atomic E-state index is 0.0381. The van der Waals surface area contributed by atoms with E-state index in [1.54, 1.807) is 20.2 Å². The third-order valence-corrected chi connectivity index (χ3v) is 2.02. The molecule has 6 nitrogen and oxygen atoms in total. The predicted molar refractivity (Wildman–Crippen MR) is 48.8 cm³/mol. The van der Waals surface area contributed by atoms with E-state index in [2.05, 4.69) is 20.6 Å². The van der Waals surface area contributed by atoms with Crippen molar-refractivity contribution in [1.82, 2.24) is 15.6 Å². The molecule has 1 aromatic heterocycles. The van der Waals surface area contributed by atoms with Gasteiger partial charge in [-0.25, -0.2) is 0 Å². The number of nitrogens with one attached hydrogen (secondary N) is 1. The topological polar surface area (TPSA) is 72.5 Å². The maximum Gasteiger partial charge on any atom is 0.251 e. The Bertz CT molecular complexity index is 336. The van der Waals surface area contributed by atoms with Crippen LogP contribution in [0, 0.1) is 6.92 Å². The smallest absolute Gasteiger partial charge is 0.251 e. The van der Waals surface area contributed by atoms with Crippen molar-refractivity contribution < 1.29 is 9.36 Å². The number of hydrogen-bond acceptors (Lipinski definition) is 6. The first-order chi connectivity index (χ1) is 6.79. The fraction of sp³-hybridized carbons (Fsp3) is 0.625. The molecule has 0 amide bonds. The Morgan fingerprint density at radius 1 is 1.64 bits per heavy atom. The minimum atomic E-state index is -0.0381. The summed E-state index contributed by atoms with van der Waals surface area (Å²) >= 11 is 0. The lowest BCUT2D eigenvalue weighted by Crippen LogP contribution is -2.27. The Balaban J connectivity index is 2.00.